The summed E-state index contributed by atoms with van der Waals surface area (Å²) in [5.41, 5.74) is 1.89. The Hall–Kier alpha value is -4.05. The molecule has 3 aromatic rings. The van der Waals surface area contributed by atoms with Crippen molar-refractivity contribution >= 4 is 27.5 Å². The van der Waals surface area contributed by atoms with Gasteiger partial charge in [0, 0.05) is 12.6 Å². The van der Waals surface area contributed by atoms with Crippen LogP contribution in [0, 0.1) is 6.92 Å². The number of carbonyl (C=O) groups excluding carboxylic acids is 2. The normalized spacial score (nSPS) is 12.6. The third kappa shape index (κ3) is 7.82. The van der Waals surface area contributed by atoms with Crippen LogP contribution in [0.5, 0.6) is 11.5 Å². The molecule has 3 rings (SSSR count). The molecular formula is C32H41N3O6S. The van der Waals surface area contributed by atoms with Crippen molar-refractivity contribution in [3.05, 3.63) is 83.9 Å². The van der Waals surface area contributed by atoms with Crippen molar-refractivity contribution in [2.75, 3.05) is 25.1 Å². The van der Waals surface area contributed by atoms with Crippen LogP contribution in [0.25, 0.3) is 0 Å². The van der Waals surface area contributed by atoms with Crippen LogP contribution in [0.4, 0.5) is 5.69 Å². The third-order valence-corrected chi connectivity index (χ3v) is 8.91. The maximum atomic E-state index is 14.2. The number of anilines is 1. The second-order valence-corrected chi connectivity index (χ2v) is 12.0. The van der Waals surface area contributed by atoms with E-state index in [0.29, 0.717) is 17.9 Å². The van der Waals surface area contributed by atoms with Gasteiger partial charge in [0.1, 0.15) is 24.1 Å². The van der Waals surface area contributed by atoms with Crippen molar-refractivity contribution in [1.82, 2.24) is 10.2 Å². The molecule has 0 radical (unpaired) electrons. The Labute approximate surface area is 249 Å². The van der Waals surface area contributed by atoms with Crippen LogP contribution >= 0.6 is 0 Å². The summed E-state index contributed by atoms with van der Waals surface area (Å²) in [6.07, 6.45) is 1.06. The number of methoxy groups -OCH3 is 2. The monoisotopic (exact) mass is 595 g/mol. The number of hydrogen-bond donors (Lipinski definition) is 1. The zero-order valence-corrected chi connectivity index (χ0v) is 26.0. The SMILES string of the molecule is CC[C@H](C)NC(=O)[C@H](CC)N(Cc1ccc(OC)cc1)C(=O)CN(c1ccccc1OC)S(=O)(=O)c1ccc(C)cc1. The van der Waals surface area contributed by atoms with Gasteiger partial charge in [0.15, 0.2) is 0 Å². The van der Waals surface area contributed by atoms with Gasteiger partial charge in [-0.25, -0.2) is 8.42 Å². The van der Waals surface area contributed by atoms with E-state index in [1.54, 1.807) is 55.6 Å². The van der Waals surface area contributed by atoms with Gasteiger partial charge in [0.05, 0.1) is 24.8 Å². The summed E-state index contributed by atoms with van der Waals surface area (Å²) in [6.45, 7) is 7.12. The molecule has 9 nitrogen and oxygen atoms in total. The van der Waals surface area contributed by atoms with E-state index >= 15 is 0 Å². The Morgan fingerprint density at radius 2 is 1.52 bits per heavy atom. The van der Waals surface area contributed by atoms with Gasteiger partial charge in [-0.05, 0) is 68.7 Å². The van der Waals surface area contributed by atoms with Gasteiger partial charge in [0.25, 0.3) is 10.0 Å². The highest BCUT2D eigenvalue weighted by atomic mass is 32.2. The lowest BCUT2D eigenvalue weighted by Gasteiger charge is -2.34. The second-order valence-electron chi connectivity index (χ2n) is 10.1. The predicted molar refractivity (Wildman–Crippen MR) is 164 cm³/mol. The Balaban J connectivity index is 2.09. The summed E-state index contributed by atoms with van der Waals surface area (Å²) < 4.78 is 39.9. The molecule has 0 bridgehead atoms. The van der Waals surface area contributed by atoms with Crippen molar-refractivity contribution in [1.29, 1.82) is 0 Å². The highest BCUT2D eigenvalue weighted by molar-refractivity contribution is 7.92. The summed E-state index contributed by atoms with van der Waals surface area (Å²) in [7, 11) is -1.19. The number of hydrogen-bond acceptors (Lipinski definition) is 6. The van der Waals surface area contributed by atoms with Crippen LogP contribution in [0.1, 0.15) is 44.7 Å². The molecule has 0 aliphatic heterocycles. The van der Waals surface area contributed by atoms with E-state index in [2.05, 4.69) is 5.32 Å². The largest absolute Gasteiger partial charge is 0.497 e. The molecule has 0 spiro atoms. The Morgan fingerprint density at radius 3 is 2.10 bits per heavy atom. The third-order valence-electron chi connectivity index (χ3n) is 7.14. The molecule has 0 heterocycles. The molecule has 0 aliphatic carbocycles. The van der Waals surface area contributed by atoms with Crippen molar-refractivity contribution in [2.45, 2.75) is 64.1 Å². The number of carbonyl (C=O) groups is 2. The first-order valence-electron chi connectivity index (χ1n) is 14.0. The number of nitrogens with zero attached hydrogens (tertiary/aromatic N) is 2. The molecule has 1 N–H and O–H groups in total. The fourth-order valence-corrected chi connectivity index (χ4v) is 5.90. The highest BCUT2D eigenvalue weighted by Gasteiger charge is 2.35. The van der Waals surface area contributed by atoms with Crippen LogP contribution in [0.2, 0.25) is 0 Å². The molecule has 0 unspecified atom stereocenters. The molecule has 0 aliphatic rings. The topological polar surface area (TPSA) is 105 Å². The molecule has 226 valence electrons. The van der Waals surface area contributed by atoms with Gasteiger partial charge in [0.2, 0.25) is 11.8 Å². The number of aryl methyl sites for hydroxylation is 1. The fraction of sp³-hybridized carbons (Fsp3) is 0.375. The first-order chi connectivity index (χ1) is 20.0. The zero-order chi connectivity index (χ0) is 30.9. The Morgan fingerprint density at radius 1 is 0.881 bits per heavy atom. The number of nitrogens with one attached hydrogen (secondary N) is 1. The van der Waals surface area contributed by atoms with Crippen molar-refractivity contribution < 1.29 is 27.5 Å². The summed E-state index contributed by atoms with van der Waals surface area (Å²) in [4.78, 5) is 29.1. The van der Waals surface area contributed by atoms with Crippen LogP contribution in [-0.2, 0) is 26.2 Å². The van der Waals surface area contributed by atoms with E-state index < -0.39 is 28.5 Å². The van der Waals surface area contributed by atoms with E-state index in [0.717, 1.165) is 21.9 Å². The van der Waals surface area contributed by atoms with Gasteiger partial charge < -0.3 is 19.7 Å². The van der Waals surface area contributed by atoms with Crippen LogP contribution in [-0.4, -0.2) is 58.0 Å². The quantitative estimate of drug-likeness (QED) is 0.283. The smallest absolute Gasteiger partial charge is 0.264 e. The molecule has 42 heavy (non-hydrogen) atoms. The summed E-state index contributed by atoms with van der Waals surface area (Å²) >= 11 is 0. The number of rotatable bonds is 14. The summed E-state index contributed by atoms with van der Waals surface area (Å²) in [6, 6.07) is 19.4. The minimum absolute atomic E-state index is 0.0371. The Kier molecular flexibility index (Phi) is 11.4. The standard InChI is InChI=1S/C32H41N3O6S/c1-7-24(4)33-32(37)28(8-2)34(21-25-15-17-26(40-5)18-16-25)31(36)22-35(29-11-9-10-12-30(29)41-6)42(38,39)27-19-13-23(3)14-20-27/h9-20,24,28H,7-8,21-22H2,1-6H3,(H,33,37)/t24-,28-/m0/s1. The minimum atomic E-state index is -4.20. The number of sulfonamides is 1. The zero-order valence-electron chi connectivity index (χ0n) is 25.2. The molecule has 0 saturated heterocycles. The van der Waals surface area contributed by atoms with Crippen molar-refractivity contribution in [3.8, 4) is 11.5 Å². The lowest BCUT2D eigenvalue weighted by atomic mass is 10.1. The van der Waals surface area contributed by atoms with E-state index in [1.165, 1.54) is 24.1 Å². The maximum Gasteiger partial charge on any atom is 0.264 e. The van der Waals surface area contributed by atoms with E-state index in [1.807, 2.05) is 39.8 Å². The molecule has 2 atom stereocenters. The van der Waals surface area contributed by atoms with Crippen molar-refractivity contribution in [2.24, 2.45) is 0 Å². The average molecular weight is 596 g/mol. The van der Waals surface area contributed by atoms with Crippen LogP contribution in [0.3, 0.4) is 0 Å². The Bertz CT molecular complexity index is 1440. The number of amides is 2. The van der Waals surface area contributed by atoms with Gasteiger partial charge in [-0.1, -0.05) is 55.8 Å². The maximum absolute atomic E-state index is 14.2. The molecule has 3 aromatic carbocycles. The predicted octanol–water partition coefficient (Wildman–Crippen LogP) is 4.93. The molecule has 0 fully saturated rings. The summed E-state index contributed by atoms with van der Waals surface area (Å²) in [5.74, 6) is 0.131. The van der Waals surface area contributed by atoms with Crippen molar-refractivity contribution in [3.63, 3.8) is 0 Å². The lowest BCUT2D eigenvalue weighted by Crippen LogP contribution is -2.53. The summed E-state index contributed by atoms with van der Waals surface area (Å²) in [5, 5.41) is 2.98. The average Bonchev–Trinajstić information content (AvgIpc) is 2.99. The van der Waals surface area contributed by atoms with E-state index in [9.17, 15) is 18.0 Å². The molecular weight excluding hydrogens is 554 g/mol. The van der Waals surface area contributed by atoms with Gasteiger partial charge in [-0.15, -0.1) is 0 Å². The minimum Gasteiger partial charge on any atom is -0.497 e. The van der Waals surface area contributed by atoms with Gasteiger partial charge in [-0.2, -0.15) is 0 Å². The first kappa shape index (κ1) is 32.5. The molecule has 2 amide bonds. The van der Waals surface area contributed by atoms with Crippen LogP contribution in [0.15, 0.2) is 77.7 Å². The number of benzene rings is 3. The van der Waals surface area contributed by atoms with Gasteiger partial charge >= 0.3 is 0 Å². The van der Waals surface area contributed by atoms with Crippen LogP contribution < -0.4 is 19.1 Å². The second kappa shape index (κ2) is 14.7. The lowest BCUT2D eigenvalue weighted by molar-refractivity contribution is -0.140. The first-order valence-corrected chi connectivity index (χ1v) is 15.4. The fourth-order valence-electron chi connectivity index (χ4n) is 4.47. The molecule has 10 heteroatoms. The highest BCUT2D eigenvalue weighted by Crippen LogP contribution is 2.32. The van der Waals surface area contributed by atoms with E-state index in [4.69, 9.17) is 9.47 Å². The van der Waals surface area contributed by atoms with Gasteiger partial charge in [-0.3, -0.25) is 13.9 Å². The number of para-hydroxylation sites is 2. The molecule has 0 saturated carbocycles. The van der Waals surface area contributed by atoms with E-state index in [-0.39, 0.29) is 29.1 Å². The number of ether oxygens (including phenoxy) is 2. The molecule has 0 aromatic heterocycles.